The molecule has 160 valence electrons. The van der Waals surface area contributed by atoms with Gasteiger partial charge in [0, 0.05) is 6.07 Å². The van der Waals surface area contributed by atoms with Gasteiger partial charge in [-0.15, -0.1) is 0 Å². The van der Waals surface area contributed by atoms with E-state index in [0.29, 0.717) is 29.2 Å². The molecule has 0 amide bonds. The Morgan fingerprint density at radius 1 is 1.17 bits per heavy atom. The fraction of sp³-hybridized carbons (Fsp3) is 0.300. The monoisotopic (exact) mass is 433 g/mol. The maximum atomic E-state index is 12.4. The van der Waals surface area contributed by atoms with Crippen LogP contribution in [-0.4, -0.2) is 33.3 Å². The summed E-state index contributed by atoms with van der Waals surface area (Å²) in [6.45, 7) is 2.72. The van der Waals surface area contributed by atoms with Crippen molar-refractivity contribution in [1.29, 1.82) is 0 Å². The van der Waals surface area contributed by atoms with Gasteiger partial charge in [-0.1, -0.05) is 19.8 Å². The molecule has 0 bridgehead atoms. The van der Waals surface area contributed by atoms with Gasteiger partial charge < -0.3 is 13.9 Å². The molecule has 2 aromatic carbocycles. The Bertz CT molecular complexity index is 1200. The van der Waals surface area contributed by atoms with Crippen LogP contribution in [-0.2, 0) is 10.0 Å². The minimum Gasteiger partial charge on any atom is -0.493 e. The first kappa shape index (κ1) is 21.4. The van der Waals surface area contributed by atoms with Crippen molar-refractivity contribution >= 4 is 27.3 Å². The number of hydrogen-bond donors (Lipinski definition) is 2. The third-order valence-electron chi connectivity index (χ3n) is 4.28. The molecule has 30 heavy (non-hydrogen) atoms. The average molecular weight is 433 g/mol. The lowest BCUT2D eigenvalue weighted by atomic mass is 10.2. The van der Waals surface area contributed by atoms with E-state index in [-0.39, 0.29) is 10.5 Å². The normalized spacial score (nSPS) is 11.8. The molecule has 0 aliphatic carbocycles. The maximum absolute atomic E-state index is 12.4. The van der Waals surface area contributed by atoms with Crippen LogP contribution >= 0.6 is 0 Å². The smallest absolute Gasteiger partial charge is 0.417 e. The lowest BCUT2D eigenvalue weighted by molar-refractivity contribution is 0.286. The number of rotatable bonds is 10. The highest BCUT2D eigenvalue weighted by Gasteiger charge is 2.15. The van der Waals surface area contributed by atoms with Crippen molar-refractivity contribution < 1.29 is 22.3 Å². The number of hydrogen-bond acceptors (Lipinski definition) is 7. The number of aromatic nitrogens is 1. The maximum Gasteiger partial charge on any atom is 0.417 e. The van der Waals surface area contributed by atoms with Crippen LogP contribution in [0.1, 0.15) is 31.7 Å². The van der Waals surface area contributed by atoms with Gasteiger partial charge in [0.15, 0.2) is 17.1 Å². The van der Waals surface area contributed by atoms with Gasteiger partial charge in [-0.25, -0.2) is 9.63 Å². The van der Waals surface area contributed by atoms with Gasteiger partial charge >= 0.3 is 5.76 Å². The highest BCUT2D eigenvalue weighted by atomic mass is 32.2. The molecule has 3 rings (SSSR count). The highest BCUT2D eigenvalue weighted by molar-refractivity contribution is 7.89. The molecule has 1 aromatic heterocycles. The van der Waals surface area contributed by atoms with E-state index in [1.54, 1.807) is 18.2 Å². The molecular formula is C20H23N3O6S. The van der Waals surface area contributed by atoms with Crippen LogP contribution in [0.3, 0.4) is 0 Å². The van der Waals surface area contributed by atoms with E-state index in [0.717, 1.165) is 19.3 Å². The molecule has 10 heteroatoms. The van der Waals surface area contributed by atoms with E-state index >= 15 is 0 Å². The number of H-pyrrole nitrogens is 1. The fourth-order valence-electron chi connectivity index (χ4n) is 2.73. The number of unbranched alkanes of at least 4 members (excludes halogenated alkanes) is 2. The van der Waals surface area contributed by atoms with Crippen LogP contribution in [0.15, 0.2) is 55.6 Å². The molecule has 0 saturated carbocycles. The summed E-state index contributed by atoms with van der Waals surface area (Å²) >= 11 is 0. The molecule has 0 unspecified atom stereocenters. The highest BCUT2D eigenvalue weighted by Crippen LogP contribution is 2.27. The first-order chi connectivity index (χ1) is 14.4. The van der Waals surface area contributed by atoms with E-state index in [4.69, 9.17) is 13.9 Å². The number of methoxy groups -OCH3 is 1. The van der Waals surface area contributed by atoms with Crippen LogP contribution in [0.25, 0.3) is 11.1 Å². The van der Waals surface area contributed by atoms with Gasteiger partial charge in [-0.05, 0) is 42.3 Å². The summed E-state index contributed by atoms with van der Waals surface area (Å²) in [6, 6.07) is 9.24. The van der Waals surface area contributed by atoms with Gasteiger partial charge in [0.25, 0.3) is 10.0 Å². The molecule has 3 aromatic rings. The Hall–Kier alpha value is -3.27. The van der Waals surface area contributed by atoms with E-state index < -0.39 is 15.8 Å². The van der Waals surface area contributed by atoms with E-state index in [9.17, 15) is 13.2 Å². The van der Waals surface area contributed by atoms with Crippen molar-refractivity contribution in [2.24, 2.45) is 5.10 Å². The zero-order chi connectivity index (χ0) is 21.6. The van der Waals surface area contributed by atoms with Crippen molar-refractivity contribution in [2.45, 2.75) is 31.1 Å². The van der Waals surface area contributed by atoms with Gasteiger partial charge in [0.05, 0.1) is 30.3 Å². The Morgan fingerprint density at radius 2 is 2.00 bits per heavy atom. The number of benzene rings is 2. The van der Waals surface area contributed by atoms with Crippen molar-refractivity contribution in [3.63, 3.8) is 0 Å². The van der Waals surface area contributed by atoms with Crippen molar-refractivity contribution in [2.75, 3.05) is 13.7 Å². The number of aromatic amines is 1. The molecule has 1 heterocycles. The number of hydrazone groups is 1. The summed E-state index contributed by atoms with van der Waals surface area (Å²) in [6.07, 6.45) is 4.52. The summed E-state index contributed by atoms with van der Waals surface area (Å²) in [5.74, 6) is 0.496. The molecule has 0 aliphatic heterocycles. The van der Waals surface area contributed by atoms with Crippen molar-refractivity contribution in [1.82, 2.24) is 9.82 Å². The number of fused-ring (bicyclic) bond motifs is 1. The van der Waals surface area contributed by atoms with Crippen molar-refractivity contribution in [3.8, 4) is 11.5 Å². The summed E-state index contributed by atoms with van der Waals surface area (Å²) < 4.78 is 40.8. The molecule has 9 nitrogen and oxygen atoms in total. The molecule has 0 saturated heterocycles. The Morgan fingerprint density at radius 3 is 2.77 bits per heavy atom. The predicted octanol–water partition coefficient (Wildman–Crippen LogP) is 3.01. The number of oxazole rings is 1. The van der Waals surface area contributed by atoms with E-state index in [1.165, 1.54) is 31.5 Å². The Kier molecular flexibility index (Phi) is 6.78. The molecule has 0 atom stereocenters. The summed E-state index contributed by atoms with van der Waals surface area (Å²) in [5.41, 5.74) is 1.18. The fourth-order valence-corrected chi connectivity index (χ4v) is 3.54. The van der Waals surface area contributed by atoms with Crippen molar-refractivity contribution in [3.05, 3.63) is 52.5 Å². The van der Waals surface area contributed by atoms with Gasteiger partial charge in [0.2, 0.25) is 0 Å². The minimum absolute atomic E-state index is 0.0803. The van der Waals surface area contributed by atoms with Gasteiger partial charge in [-0.3, -0.25) is 4.98 Å². The number of sulfonamides is 1. The summed E-state index contributed by atoms with van der Waals surface area (Å²) in [7, 11) is -2.40. The summed E-state index contributed by atoms with van der Waals surface area (Å²) in [4.78, 5) is 15.7. The standard InChI is InChI=1S/C20H23N3O6S/c1-3-4-5-10-28-17-9-6-14(11-19(17)27-2)13-21-23-30(25,26)15-7-8-16-18(12-15)29-20(24)22-16/h6-9,11-13,23H,3-5,10H2,1-2H3,(H,22,24)/b21-13+. The number of ether oxygens (including phenoxy) is 2. The topological polar surface area (TPSA) is 123 Å². The van der Waals surface area contributed by atoms with E-state index in [1.807, 2.05) is 0 Å². The predicted molar refractivity (Wildman–Crippen MR) is 113 cm³/mol. The van der Waals surface area contributed by atoms with Crippen LogP contribution in [0.4, 0.5) is 0 Å². The van der Waals surface area contributed by atoms with Gasteiger partial charge in [0.1, 0.15) is 0 Å². The lowest BCUT2D eigenvalue weighted by Crippen LogP contribution is -2.18. The Labute approximate surface area is 173 Å². The van der Waals surface area contributed by atoms with Crippen LogP contribution < -0.4 is 20.1 Å². The molecule has 0 radical (unpaired) electrons. The molecule has 0 aliphatic rings. The summed E-state index contributed by atoms with van der Waals surface area (Å²) in [5, 5.41) is 3.81. The SMILES string of the molecule is CCCCCOc1ccc(/C=N/NS(=O)(=O)c2ccc3[nH]c(=O)oc3c2)cc1OC. The first-order valence-corrected chi connectivity index (χ1v) is 10.9. The lowest BCUT2D eigenvalue weighted by Gasteiger charge is -2.11. The Balaban J connectivity index is 1.69. The molecule has 0 fully saturated rings. The van der Waals surface area contributed by atoms with Crippen LogP contribution in [0, 0.1) is 0 Å². The molecule has 0 spiro atoms. The quantitative estimate of drug-likeness (QED) is 0.288. The van der Waals surface area contributed by atoms with Crippen LogP contribution in [0.5, 0.6) is 11.5 Å². The third kappa shape index (κ3) is 5.20. The first-order valence-electron chi connectivity index (χ1n) is 9.41. The zero-order valence-electron chi connectivity index (χ0n) is 16.7. The largest absolute Gasteiger partial charge is 0.493 e. The average Bonchev–Trinajstić information content (AvgIpc) is 3.11. The molecule has 2 N–H and O–H groups in total. The third-order valence-corrected chi connectivity index (χ3v) is 5.50. The van der Waals surface area contributed by atoms with Crippen LogP contribution in [0.2, 0.25) is 0 Å². The second kappa shape index (κ2) is 9.49. The zero-order valence-corrected chi connectivity index (χ0v) is 17.5. The van der Waals surface area contributed by atoms with Gasteiger partial charge in [-0.2, -0.15) is 13.5 Å². The number of nitrogens with zero attached hydrogens (tertiary/aromatic N) is 1. The number of nitrogens with one attached hydrogen (secondary N) is 2. The second-order valence-electron chi connectivity index (χ2n) is 6.49. The minimum atomic E-state index is -3.93. The molecular weight excluding hydrogens is 410 g/mol. The van der Waals surface area contributed by atoms with E-state index in [2.05, 4.69) is 21.8 Å². The second-order valence-corrected chi connectivity index (χ2v) is 8.15.